The summed E-state index contributed by atoms with van der Waals surface area (Å²) in [5, 5.41) is 3.41. The summed E-state index contributed by atoms with van der Waals surface area (Å²) in [7, 11) is 0. The summed E-state index contributed by atoms with van der Waals surface area (Å²) >= 11 is 1.47. The number of rotatable bonds is 7. The van der Waals surface area contributed by atoms with Crippen molar-refractivity contribution in [3.63, 3.8) is 0 Å². The quantitative estimate of drug-likeness (QED) is 0.628. The largest absolute Gasteiger partial charge is 0.332 e. The fraction of sp³-hybridized carbons (Fsp3) is 0.364. The third-order valence-electron chi connectivity index (χ3n) is 5.06. The zero-order valence-corrected chi connectivity index (χ0v) is 18.5. The predicted molar refractivity (Wildman–Crippen MR) is 120 cm³/mol. The molecule has 0 aliphatic carbocycles. The Balaban J connectivity index is 1.76. The van der Waals surface area contributed by atoms with E-state index < -0.39 is 0 Å². The molecule has 0 spiro atoms. The van der Waals surface area contributed by atoms with Gasteiger partial charge in [-0.25, -0.2) is 4.98 Å². The second-order valence-corrected chi connectivity index (χ2v) is 8.52. The Morgan fingerprint density at radius 2 is 1.93 bits per heavy atom. The standard InChI is InChI=1S/C22H26N4O3S/c1-5-10-25(11-18(27)24-17-9-7-6-8-14(17)2)19(28)12-26-13-23-21-20(22(26)29)15(3)16(4)30-21/h6-9,13H,5,10-12H2,1-4H3,(H,24,27). The molecule has 0 aliphatic rings. The molecular formula is C22H26N4O3S. The van der Waals surface area contributed by atoms with Crippen molar-refractivity contribution in [2.75, 3.05) is 18.4 Å². The van der Waals surface area contributed by atoms with E-state index in [2.05, 4.69) is 10.3 Å². The number of carbonyl (C=O) groups is 2. The topological polar surface area (TPSA) is 84.3 Å². The van der Waals surface area contributed by atoms with Gasteiger partial charge in [-0.05, 0) is 44.4 Å². The predicted octanol–water partition coefficient (Wildman–Crippen LogP) is 3.26. The lowest BCUT2D eigenvalue weighted by Gasteiger charge is -2.22. The fourth-order valence-electron chi connectivity index (χ4n) is 3.27. The van der Waals surface area contributed by atoms with Gasteiger partial charge in [0.25, 0.3) is 5.56 Å². The Labute approximate surface area is 179 Å². The number of para-hydroxylation sites is 1. The fourth-order valence-corrected chi connectivity index (χ4v) is 4.25. The van der Waals surface area contributed by atoms with Crippen molar-refractivity contribution < 1.29 is 9.59 Å². The van der Waals surface area contributed by atoms with E-state index in [1.165, 1.54) is 27.1 Å². The molecule has 158 valence electrons. The van der Waals surface area contributed by atoms with Crippen LogP contribution >= 0.6 is 11.3 Å². The van der Waals surface area contributed by atoms with Crippen LogP contribution < -0.4 is 10.9 Å². The van der Waals surface area contributed by atoms with Gasteiger partial charge in [0.05, 0.1) is 18.3 Å². The smallest absolute Gasteiger partial charge is 0.262 e. The van der Waals surface area contributed by atoms with Gasteiger partial charge in [0, 0.05) is 17.1 Å². The number of nitrogens with one attached hydrogen (secondary N) is 1. The number of thiophene rings is 1. The number of benzene rings is 1. The highest BCUT2D eigenvalue weighted by molar-refractivity contribution is 7.18. The van der Waals surface area contributed by atoms with Gasteiger partial charge in [-0.1, -0.05) is 25.1 Å². The van der Waals surface area contributed by atoms with E-state index in [0.717, 1.165) is 21.7 Å². The van der Waals surface area contributed by atoms with Crippen molar-refractivity contribution in [1.82, 2.24) is 14.5 Å². The molecule has 8 heteroatoms. The second kappa shape index (κ2) is 9.21. The Morgan fingerprint density at radius 3 is 2.63 bits per heavy atom. The maximum atomic E-state index is 12.9. The summed E-state index contributed by atoms with van der Waals surface area (Å²) < 4.78 is 1.33. The average molecular weight is 427 g/mol. The molecule has 1 N–H and O–H groups in total. The van der Waals surface area contributed by atoms with Crippen LogP contribution in [0.2, 0.25) is 0 Å². The van der Waals surface area contributed by atoms with Gasteiger partial charge >= 0.3 is 0 Å². The highest BCUT2D eigenvalue weighted by atomic mass is 32.1. The van der Waals surface area contributed by atoms with E-state index in [1.54, 1.807) is 0 Å². The zero-order valence-electron chi connectivity index (χ0n) is 17.7. The molecule has 30 heavy (non-hydrogen) atoms. The number of aryl methyl sites for hydroxylation is 3. The van der Waals surface area contributed by atoms with E-state index in [-0.39, 0.29) is 30.5 Å². The first-order valence-corrected chi connectivity index (χ1v) is 10.7. The third-order valence-corrected chi connectivity index (χ3v) is 6.18. The van der Waals surface area contributed by atoms with Gasteiger partial charge in [-0.15, -0.1) is 11.3 Å². The molecule has 1 aromatic carbocycles. The summed E-state index contributed by atoms with van der Waals surface area (Å²) in [6, 6.07) is 7.48. The number of hydrogen-bond donors (Lipinski definition) is 1. The molecule has 2 aromatic heterocycles. The molecule has 0 aliphatic heterocycles. The normalized spacial score (nSPS) is 10.9. The van der Waals surface area contributed by atoms with Crippen LogP contribution in [0.15, 0.2) is 35.4 Å². The zero-order chi connectivity index (χ0) is 21.8. The summed E-state index contributed by atoms with van der Waals surface area (Å²) in [5.41, 5.74) is 2.35. The van der Waals surface area contributed by atoms with Crippen molar-refractivity contribution >= 4 is 39.1 Å². The monoisotopic (exact) mass is 426 g/mol. The van der Waals surface area contributed by atoms with Crippen LogP contribution in [0.1, 0.15) is 29.3 Å². The van der Waals surface area contributed by atoms with Crippen molar-refractivity contribution in [2.24, 2.45) is 0 Å². The van der Waals surface area contributed by atoms with Gasteiger partial charge in [0.2, 0.25) is 11.8 Å². The summed E-state index contributed by atoms with van der Waals surface area (Å²) in [4.78, 5) is 45.8. The molecule has 0 saturated heterocycles. The number of amides is 2. The van der Waals surface area contributed by atoms with Gasteiger partial charge in [0.15, 0.2) is 0 Å². The summed E-state index contributed by atoms with van der Waals surface area (Å²) in [6.07, 6.45) is 2.12. The van der Waals surface area contributed by atoms with Crippen molar-refractivity contribution in [3.8, 4) is 0 Å². The molecule has 2 heterocycles. The molecule has 7 nitrogen and oxygen atoms in total. The van der Waals surface area contributed by atoms with Crippen LogP contribution in [0.5, 0.6) is 0 Å². The molecule has 0 radical (unpaired) electrons. The molecule has 2 amide bonds. The minimum atomic E-state index is -0.287. The molecule has 0 saturated carbocycles. The Bertz CT molecular complexity index is 1150. The molecule has 0 bridgehead atoms. The van der Waals surface area contributed by atoms with Crippen molar-refractivity contribution in [1.29, 1.82) is 0 Å². The van der Waals surface area contributed by atoms with E-state index in [0.29, 0.717) is 23.2 Å². The van der Waals surface area contributed by atoms with E-state index in [1.807, 2.05) is 52.0 Å². The molecule has 3 aromatic rings. The number of hydrogen-bond acceptors (Lipinski definition) is 5. The SMILES string of the molecule is CCCN(CC(=O)Nc1ccccc1C)C(=O)Cn1cnc2sc(C)c(C)c2c1=O. The minimum absolute atomic E-state index is 0.0674. The highest BCUT2D eigenvalue weighted by Gasteiger charge is 2.19. The van der Waals surface area contributed by atoms with E-state index in [4.69, 9.17) is 0 Å². The molecule has 3 rings (SSSR count). The minimum Gasteiger partial charge on any atom is -0.332 e. The van der Waals surface area contributed by atoms with Crippen LogP contribution in [-0.4, -0.2) is 39.4 Å². The average Bonchev–Trinajstić information content (AvgIpc) is 3.00. The van der Waals surface area contributed by atoms with Gasteiger partial charge in [-0.2, -0.15) is 0 Å². The lowest BCUT2D eigenvalue weighted by molar-refractivity contribution is -0.135. The van der Waals surface area contributed by atoms with Gasteiger partial charge < -0.3 is 10.2 Å². The first kappa shape index (κ1) is 21.7. The number of carbonyl (C=O) groups excluding carboxylic acids is 2. The Kier molecular flexibility index (Phi) is 6.66. The summed E-state index contributed by atoms with van der Waals surface area (Å²) in [6.45, 7) is 7.91. The van der Waals surface area contributed by atoms with Gasteiger partial charge in [-0.3, -0.25) is 19.0 Å². The number of nitrogens with zero attached hydrogens (tertiary/aromatic N) is 3. The Morgan fingerprint density at radius 1 is 1.20 bits per heavy atom. The highest BCUT2D eigenvalue weighted by Crippen LogP contribution is 2.25. The maximum Gasteiger partial charge on any atom is 0.262 e. The third kappa shape index (κ3) is 4.59. The van der Waals surface area contributed by atoms with Crippen LogP contribution in [0.4, 0.5) is 5.69 Å². The second-order valence-electron chi connectivity index (χ2n) is 7.32. The first-order valence-electron chi connectivity index (χ1n) is 9.90. The van der Waals surface area contributed by atoms with Gasteiger partial charge in [0.1, 0.15) is 11.4 Å². The lowest BCUT2D eigenvalue weighted by atomic mass is 10.2. The van der Waals surface area contributed by atoms with Crippen molar-refractivity contribution in [2.45, 2.75) is 40.7 Å². The van der Waals surface area contributed by atoms with Crippen LogP contribution in [0, 0.1) is 20.8 Å². The van der Waals surface area contributed by atoms with Crippen LogP contribution in [-0.2, 0) is 16.1 Å². The van der Waals surface area contributed by atoms with Crippen LogP contribution in [0.3, 0.4) is 0 Å². The molecular weight excluding hydrogens is 400 g/mol. The van der Waals surface area contributed by atoms with Crippen LogP contribution in [0.25, 0.3) is 10.2 Å². The molecule has 0 fully saturated rings. The molecule has 0 unspecified atom stereocenters. The number of aromatic nitrogens is 2. The van der Waals surface area contributed by atoms with E-state index >= 15 is 0 Å². The summed E-state index contributed by atoms with van der Waals surface area (Å²) in [5.74, 6) is -0.555. The lowest BCUT2D eigenvalue weighted by Crippen LogP contribution is -2.41. The maximum absolute atomic E-state index is 12.9. The first-order chi connectivity index (χ1) is 14.3. The van der Waals surface area contributed by atoms with E-state index in [9.17, 15) is 14.4 Å². The molecule has 0 atom stereocenters. The number of fused-ring (bicyclic) bond motifs is 1. The van der Waals surface area contributed by atoms with Crippen molar-refractivity contribution in [3.05, 3.63) is 57.0 Å². The Hall–Kier alpha value is -3.00. The number of anilines is 1.